The molecule has 0 fully saturated rings. The van der Waals surface area contributed by atoms with Crippen LogP contribution >= 0.6 is 24.0 Å². The van der Waals surface area contributed by atoms with Crippen LogP contribution < -0.4 is 11.1 Å². The molecule has 1 aromatic heterocycles. The van der Waals surface area contributed by atoms with Gasteiger partial charge in [0.05, 0.1) is 12.2 Å². The van der Waals surface area contributed by atoms with E-state index in [4.69, 9.17) is 5.73 Å². The first kappa shape index (κ1) is 21.3. The molecular formula is C22H25FIN5. The summed E-state index contributed by atoms with van der Waals surface area (Å²) in [6.07, 6.45) is 8.01. The summed E-state index contributed by atoms with van der Waals surface area (Å²) in [5, 5.41) is 3.22. The number of imidazole rings is 1. The van der Waals surface area contributed by atoms with Gasteiger partial charge in [0.2, 0.25) is 0 Å². The van der Waals surface area contributed by atoms with E-state index in [0.29, 0.717) is 18.2 Å². The fourth-order valence-corrected chi connectivity index (χ4v) is 3.73. The van der Waals surface area contributed by atoms with Gasteiger partial charge in [0.25, 0.3) is 0 Å². The highest BCUT2D eigenvalue weighted by Crippen LogP contribution is 2.27. The summed E-state index contributed by atoms with van der Waals surface area (Å²) in [5.41, 5.74) is 11.1. The zero-order valence-corrected chi connectivity index (χ0v) is 18.7. The average molecular weight is 505 g/mol. The fourth-order valence-electron chi connectivity index (χ4n) is 3.73. The highest BCUT2D eigenvalue weighted by molar-refractivity contribution is 14.0. The normalized spacial score (nSPS) is 13.5. The van der Waals surface area contributed by atoms with Crippen LogP contribution in [0.4, 0.5) is 10.1 Å². The Labute approximate surface area is 187 Å². The Hall–Kier alpha value is -2.42. The number of nitrogens with zero attached hydrogens (tertiary/aromatic N) is 3. The lowest BCUT2D eigenvalue weighted by molar-refractivity contribution is 0.614. The van der Waals surface area contributed by atoms with Crippen molar-refractivity contribution < 1.29 is 4.39 Å². The molecule has 0 radical (unpaired) electrons. The van der Waals surface area contributed by atoms with Crippen LogP contribution in [0.3, 0.4) is 0 Å². The number of fused-ring (bicyclic) bond motifs is 1. The lowest BCUT2D eigenvalue weighted by Gasteiger charge is -2.19. The van der Waals surface area contributed by atoms with Gasteiger partial charge in [0.1, 0.15) is 11.6 Å². The Morgan fingerprint density at radius 1 is 1.24 bits per heavy atom. The van der Waals surface area contributed by atoms with E-state index in [1.54, 1.807) is 23.0 Å². The molecule has 2 aromatic carbocycles. The number of aromatic nitrogens is 2. The van der Waals surface area contributed by atoms with Crippen LogP contribution in [0.2, 0.25) is 0 Å². The van der Waals surface area contributed by atoms with Crippen molar-refractivity contribution in [3.05, 3.63) is 77.1 Å². The largest absolute Gasteiger partial charge is 0.370 e. The van der Waals surface area contributed by atoms with Crippen LogP contribution in [-0.2, 0) is 19.4 Å². The number of nitrogens with one attached hydrogen (secondary N) is 1. The van der Waals surface area contributed by atoms with E-state index >= 15 is 0 Å². The van der Waals surface area contributed by atoms with Gasteiger partial charge in [-0.25, -0.2) is 14.4 Å². The smallest absolute Gasteiger partial charge is 0.193 e. The third-order valence-corrected chi connectivity index (χ3v) is 5.19. The van der Waals surface area contributed by atoms with Crippen molar-refractivity contribution >= 4 is 35.6 Å². The van der Waals surface area contributed by atoms with Gasteiger partial charge >= 0.3 is 0 Å². The number of rotatable bonds is 4. The maximum atomic E-state index is 14.5. The first-order valence-corrected chi connectivity index (χ1v) is 9.58. The third-order valence-electron chi connectivity index (χ3n) is 5.19. The minimum atomic E-state index is -0.308. The summed E-state index contributed by atoms with van der Waals surface area (Å²) in [7, 11) is 0. The summed E-state index contributed by atoms with van der Waals surface area (Å²) in [4.78, 5) is 8.52. The molecule has 0 aliphatic heterocycles. The SMILES string of the molecule is Cc1nccn1-c1ccc(CN=C(N)Nc2cccc3c2CCCC3)cc1F.I. The van der Waals surface area contributed by atoms with E-state index in [0.717, 1.165) is 29.9 Å². The van der Waals surface area contributed by atoms with Crippen LogP contribution in [-0.4, -0.2) is 15.5 Å². The molecule has 7 heteroatoms. The van der Waals surface area contributed by atoms with E-state index < -0.39 is 0 Å². The Balaban J connectivity index is 0.00000240. The molecule has 0 unspecified atom stereocenters. The predicted molar refractivity (Wildman–Crippen MR) is 126 cm³/mol. The van der Waals surface area contributed by atoms with Gasteiger partial charge < -0.3 is 15.6 Å². The number of hydrogen-bond donors (Lipinski definition) is 2. The summed E-state index contributed by atoms with van der Waals surface area (Å²) >= 11 is 0. The van der Waals surface area contributed by atoms with Crippen LogP contribution in [0.15, 0.2) is 53.8 Å². The van der Waals surface area contributed by atoms with E-state index in [1.165, 1.54) is 30.0 Å². The molecular weight excluding hydrogens is 480 g/mol. The molecule has 3 N–H and O–H groups in total. The molecule has 0 atom stereocenters. The quantitative estimate of drug-likeness (QED) is 0.306. The Kier molecular flexibility index (Phi) is 6.89. The van der Waals surface area contributed by atoms with Crippen LogP contribution in [0.25, 0.3) is 5.69 Å². The lowest BCUT2D eigenvalue weighted by atomic mass is 9.90. The summed E-state index contributed by atoms with van der Waals surface area (Å²) < 4.78 is 16.2. The topological polar surface area (TPSA) is 68.2 Å². The first-order chi connectivity index (χ1) is 13.6. The molecule has 0 saturated heterocycles. The summed E-state index contributed by atoms with van der Waals surface area (Å²) in [5.74, 6) is 0.774. The number of anilines is 1. The number of nitrogens with two attached hydrogens (primary N) is 1. The molecule has 1 heterocycles. The first-order valence-electron chi connectivity index (χ1n) is 9.58. The second-order valence-electron chi connectivity index (χ2n) is 7.11. The van der Waals surface area contributed by atoms with Crippen LogP contribution in [0.1, 0.15) is 35.4 Å². The molecule has 0 amide bonds. The van der Waals surface area contributed by atoms with E-state index in [2.05, 4.69) is 21.4 Å². The second kappa shape index (κ2) is 9.39. The molecule has 4 rings (SSSR count). The molecule has 29 heavy (non-hydrogen) atoms. The molecule has 0 bridgehead atoms. The van der Waals surface area contributed by atoms with Gasteiger partial charge in [-0.3, -0.25) is 0 Å². The lowest BCUT2D eigenvalue weighted by Crippen LogP contribution is -2.24. The van der Waals surface area contributed by atoms with Crippen LogP contribution in [0, 0.1) is 12.7 Å². The Morgan fingerprint density at radius 3 is 2.83 bits per heavy atom. The van der Waals surface area contributed by atoms with Gasteiger partial charge in [-0.2, -0.15) is 0 Å². The molecule has 0 saturated carbocycles. The number of aryl methyl sites for hydroxylation is 2. The maximum absolute atomic E-state index is 14.5. The van der Waals surface area contributed by atoms with Crippen molar-refractivity contribution in [3.63, 3.8) is 0 Å². The summed E-state index contributed by atoms with van der Waals surface area (Å²) in [6, 6.07) is 11.4. The van der Waals surface area contributed by atoms with Gasteiger partial charge in [-0.1, -0.05) is 18.2 Å². The van der Waals surface area contributed by atoms with Crippen molar-refractivity contribution in [2.75, 3.05) is 5.32 Å². The number of benzene rings is 2. The van der Waals surface area contributed by atoms with E-state index in [9.17, 15) is 4.39 Å². The minimum absolute atomic E-state index is 0. The van der Waals surface area contributed by atoms with Crippen molar-refractivity contribution in [2.24, 2.45) is 10.7 Å². The Morgan fingerprint density at radius 2 is 2.07 bits per heavy atom. The van der Waals surface area contributed by atoms with Gasteiger partial charge in [-0.15, -0.1) is 24.0 Å². The number of guanidine groups is 1. The fraction of sp³-hybridized carbons (Fsp3) is 0.273. The van der Waals surface area contributed by atoms with Crippen molar-refractivity contribution in [1.29, 1.82) is 0 Å². The zero-order chi connectivity index (χ0) is 19.5. The van der Waals surface area contributed by atoms with Crippen molar-refractivity contribution in [3.8, 4) is 5.69 Å². The van der Waals surface area contributed by atoms with E-state index in [1.807, 2.05) is 25.1 Å². The van der Waals surface area contributed by atoms with Crippen LogP contribution in [0.5, 0.6) is 0 Å². The highest BCUT2D eigenvalue weighted by atomic mass is 127. The molecule has 1 aliphatic carbocycles. The Bertz CT molecular complexity index is 1030. The molecule has 3 aromatic rings. The molecule has 152 valence electrons. The van der Waals surface area contributed by atoms with Gasteiger partial charge in [-0.05, 0) is 67.5 Å². The number of aliphatic imine (C=N–C) groups is 1. The zero-order valence-electron chi connectivity index (χ0n) is 16.4. The number of hydrogen-bond acceptors (Lipinski definition) is 2. The van der Waals surface area contributed by atoms with E-state index in [-0.39, 0.29) is 29.8 Å². The second-order valence-corrected chi connectivity index (χ2v) is 7.11. The van der Waals surface area contributed by atoms with Crippen molar-refractivity contribution in [2.45, 2.75) is 39.2 Å². The van der Waals surface area contributed by atoms with Crippen molar-refractivity contribution in [1.82, 2.24) is 9.55 Å². The standard InChI is InChI=1S/C22H24FN5.HI/c1-15-25-11-12-28(15)21-10-9-16(13-19(21)23)14-26-22(24)27-20-8-4-6-17-5-2-3-7-18(17)20;/h4,6,8-13H,2-3,5,7,14H2,1H3,(H3,24,26,27);1H. The van der Waals surface area contributed by atoms with Gasteiger partial charge in [0, 0.05) is 18.1 Å². The number of halogens is 2. The minimum Gasteiger partial charge on any atom is -0.370 e. The molecule has 5 nitrogen and oxygen atoms in total. The molecule has 1 aliphatic rings. The predicted octanol–water partition coefficient (Wildman–Crippen LogP) is 4.74. The molecule has 0 spiro atoms. The maximum Gasteiger partial charge on any atom is 0.193 e. The monoisotopic (exact) mass is 505 g/mol. The summed E-state index contributed by atoms with van der Waals surface area (Å²) in [6.45, 7) is 2.15. The third kappa shape index (κ3) is 4.77. The van der Waals surface area contributed by atoms with Gasteiger partial charge in [0.15, 0.2) is 5.96 Å². The highest BCUT2D eigenvalue weighted by Gasteiger charge is 2.13. The average Bonchev–Trinajstić information content (AvgIpc) is 3.12.